The third-order valence-corrected chi connectivity index (χ3v) is 4.64. The van der Waals surface area contributed by atoms with Crippen LogP contribution in [0.1, 0.15) is 39.5 Å². The van der Waals surface area contributed by atoms with E-state index in [2.05, 4.69) is 18.7 Å². The van der Waals surface area contributed by atoms with Gasteiger partial charge in [-0.1, -0.05) is 13.8 Å². The largest absolute Gasteiger partial charge is 0.384 e. The SMILES string of the molecule is COCC1CCCN(CC2CCC(C)(C)C2=O)C1. The molecular formula is C15H27NO2. The van der Waals surface area contributed by atoms with E-state index in [9.17, 15) is 4.79 Å². The first-order valence-corrected chi connectivity index (χ1v) is 7.28. The smallest absolute Gasteiger partial charge is 0.142 e. The summed E-state index contributed by atoms with van der Waals surface area (Å²) in [6.45, 7) is 8.30. The van der Waals surface area contributed by atoms with Crippen LogP contribution in [0.15, 0.2) is 0 Å². The van der Waals surface area contributed by atoms with Gasteiger partial charge in [0.2, 0.25) is 0 Å². The number of nitrogens with zero attached hydrogens (tertiary/aromatic N) is 1. The summed E-state index contributed by atoms with van der Waals surface area (Å²) in [5.74, 6) is 1.42. The Morgan fingerprint density at radius 1 is 1.39 bits per heavy atom. The summed E-state index contributed by atoms with van der Waals surface area (Å²) < 4.78 is 5.26. The highest BCUT2D eigenvalue weighted by molar-refractivity contribution is 5.88. The maximum atomic E-state index is 12.3. The second kappa shape index (κ2) is 5.70. The van der Waals surface area contributed by atoms with Crippen LogP contribution in [0.5, 0.6) is 0 Å². The Balaban J connectivity index is 1.84. The zero-order chi connectivity index (χ0) is 13.2. The molecule has 0 spiro atoms. The fraction of sp³-hybridized carbons (Fsp3) is 0.933. The molecular weight excluding hydrogens is 226 g/mol. The van der Waals surface area contributed by atoms with Crippen LogP contribution < -0.4 is 0 Å². The van der Waals surface area contributed by atoms with E-state index in [0.29, 0.717) is 11.7 Å². The van der Waals surface area contributed by atoms with E-state index in [-0.39, 0.29) is 11.3 Å². The standard InChI is InChI=1S/C15H27NO2/c1-15(2)7-6-13(14(15)17)10-16-8-4-5-12(9-16)11-18-3/h12-13H,4-11H2,1-3H3. The van der Waals surface area contributed by atoms with Crippen molar-refractivity contribution in [3.63, 3.8) is 0 Å². The summed E-state index contributed by atoms with van der Waals surface area (Å²) >= 11 is 0. The molecule has 104 valence electrons. The zero-order valence-electron chi connectivity index (χ0n) is 12.1. The minimum atomic E-state index is -0.0770. The van der Waals surface area contributed by atoms with Gasteiger partial charge in [0.1, 0.15) is 5.78 Å². The number of rotatable bonds is 4. The summed E-state index contributed by atoms with van der Waals surface area (Å²) in [6, 6.07) is 0. The van der Waals surface area contributed by atoms with Gasteiger partial charge in [-0.3, -0.25) is 4.79 Å². The van der Waals surface area contributed by atoms with E-state index in [0.717, 1.165) is 39.1 Å². The third-order valence-electron chi connectivity index (χ3n) is 4.64. The fourth-order valence-electron chi connectivity index (χ4n) is 3.52. The van der Waals surface area contributed by atoms with Crippen molar-refractivity contribution < 1.29 is 9.53 Å². The molecule has 2 rings (SSSR count). The van der Waals surface area contributed by atoms with E-state index in [1.165, 1.54) is 12.8 Å². The Hall–Kier alpha value is -0.410. The normalized spacial score (nSPS) is 32.9. The van der Waals surface area contributed by atoms with E-state index in [4.69, 9.17) is 4.74 Å². The first-order chi connectivity index (χ1) is 8.53. The molecule has 3 nitrogen and oxygen atoms in total. The lowest BCUT2D eigenvalue weighted by Crippen LogP contribution is -2.41. The number of piperidine rings is 1. The van der Waals surface area contributed by atoms with Gasteiger partial charge in [0.25, 0.3) is 0 Å². The Labute approximate surface area is 111 Å². The second-order valence-corrected chi connectivity index (χ2v) is 6.71. The molecule has 1 aliphatic heterocycles. The number of hydrogen-bond acceptors (Lipinski definition) is 3. The van der Waals surface area contributed by atoms with E-state index < -0.39 is 0 Å². The highest BCUT2D eigenvalue weighted by Gasteiger charge is 2.41. The molecule has 3 heteroatoms. The molecule has 1 saturated carbocycles. The maximum absolute atomic E-state index is 12.3. The molecule has 0 radical (unpaired) electrons. The van der Waals surface area contributed by atoms with E-state index in [1.54, 1.807) is 7.11 Å². The summed E-state index contributed by atoms with van der Waals surface area (Å²) in [6.07, 6.45) is 4.66. The lowest BCUT2D eigenvalue weighted by Gasteiger charge is -2.33. The third kappa shape index (κ3) is 3.12. The van der Waals surface area contributed by atoms with Crippen LogP contribution in [0.2, 0.25) is 0 Å². The topological polar surface area (TPSA) is 29.5 Å². The van der Waals surface area contributed by atoms with Crippen LogP contribution in [-0.4, -0.2) is 44.0 Å². The minimum Gasteiger partial charge on any atom is -0.384 e. The Morgan fingerprint density at radius 3 is 2.78 bits per heavy atom. The summed E-state index contributed by atoms with van der Waals surface area (Å²) in [5, 5.41) is 0. The number of hydrogen-bond donors (Lipinski definition) is 0. The van der Waals surface area contributed by atoms with E-state index >= 15 is 0 Å². The van der Waals surface area contributed by atoms with Gasteiger partial charge in [0, 0.05) is 31.5 Å². The predicted molar refractivity (Wildman–Crippen MR) is 72.6 cm³/mol. The maximum Gasteiger partial charge on any atom is 0.142 e. The highest BCUT2D eigenvalue weighted by atomic mass is 16.5. The molecule has 2 atom stereocenters. The molecule has 2 unspecified atom stereocenters. The zero-order valence-corrected chi connectivity index (χ0v) is 12.1. The molecule has 0 amide bonds. The van der Waals surface area contributed by atoms with Gasteiger partial charge < -0.3 is 9.64 Å². The molecule has 2 fully saturated rings. The average Bonchev–Trinajstić information content (AvgIpc) is 2.57. The fourth-order valence-corrected chi connectivity index (χ4v) is 3.52. The van der Waals surface area contributed by atoms with Crippen LogP contribution in [-0.2, 0) is 9.53 Å². The van der Waals surface area contributed by atoms with Crippen molar-refractivity contribution in [3.8, 4) is 0 Å². The van der Waals surface area contributed by atoms with Crippen molar-refractivity contribution in [2.45, 2.75) is 39.5 Å². The second-order valence-electron chi connectivity index (χ2n) is 6.71. The van der Waals surface area contributed by atoms with Crippen molar-refractivity contribution in [2.24, 2.45) is 17.3 Å². The van der Waals surface area contributed by atoms with Gasteiger partial charge in [0.05, 0.1) is 6.61 Å². The average molecular weight is 253 g/mol. The molecule has 2 aliphatic rings. The highest BCUT2D eigenvalue weighted by Crippen LogP contribution is 2.38. The minimum absolute atomic E-state index is 0.0770. The number of likely N-dealkylation sites (tertiary alicyclic amines) is 1. The summed E-state index contributed by atoms with van der Waals surface area (Å²) in [7, 11) is 1.78. The molecule has 1 aliphatic carbocycles. The quantitative estimate of drug-likeness (QED) is 0.770. The van der Waals surface area contributed by atoms with E-state index in [1.807, 2.05) is 0 Å². The van der Waals surface area contributed by atoms with Gasteiger partial charge in [0.15, 0.2) is 0 Å². The number of methoxy groups -OCH3 is 1. The molecule has 0 bridgehead atoms. The van der Waals surface area contributed by atoms with Crippen molar-refractivity contribution in [1.82, 2.24) is 4.90 Å². The lowest BCUT2D eigenvalue weighted by molar-refractivity contribution is -0.128. The summed E-state index contributed by atoms with van der Waals surface area (Å²) in [4.78, 5) is 14.7. The van der Waals surface area contributed by atoms with Crippen LogP contribution in [0, 0.1) is 17.3 Å². The van der Waals surface area contributed by atoms with Crippen LogP contribution in [0.4, 0.5) is 0 Å². The monoisotopic (exact) mass is 253 g/mol. The Kier molecular flexibility index (Phi) is 4.44. The summed E-state index contributed by atoms with van der Waals surface area (Å²) in [5.41, 5.74) is -0.0770. The number of carbonyl (C=O) groups is 1. The first-order valence-electron chi connectivity index (χ1n) is 7.28. The number of ketones is 1. The Morgan fingerprint density at radius 2 is 2.17 bits per heavy atom. The molecule has 18 heavy (non-hydrogen) atoms. The van der Waals surface area contributed by atoms with Gasteiger partial charge in [-0.25, -0.2) is 0 Å². The predicted octanol–water partition coefficient (Wildman–Crippen LogP) is 2.35. The van der Waals surface area contributed by atoms with Crippen molar-refractivity contribution >= 4 is 5.78 Å². The Bertz CT molecular complexity index is 299. The van der Waals surface area contributed by atoms with Crippen molar-refractivity contribution in [2.75, 3.05) is 33.4 Å². The van der Waals surface area contributed by atoms with Crippen molar-refractivity contribution in [3.05, 3.63) is 0 Å². The van der Waals surface area contributed by atoms with Gasteiger partial charge in [-0.05, 0) is 38.1 Å². The van der Waals surface area contributed by atoms with Crippen LogP contribution in [0.25, 0.3) is 0 Å². The molecule has 1 heterocycles. The lowest BCUT2D eigenvalue weighted by atomic mass is 9.88. The molecule has 1 saturated heterocycles. The van der Waals surface area contributed by atoms with Gasteiger partial charge in [-0.15, -0.1) is 0 Å². The molecule has 0 aromatic rings. The number of ether oxygens (including phenoxy) is 1. The molecule has 0 aromatic heterocycles. The molecule has 0 aromatic carbocycles. The number of carbonyl (C=O) groups excluding carboxylic acids is 1. The number of Topliss-reactive ketones (excluding diaryl/α,β-unsaturated/α-hetero) is 1. The van der Waals surface area contributed by atoms with Crippen LogP contribution in [0.3, 0.4) is 0 Å². The molecule has 0 N–H and O–H groups in total. The van der Waals surface area contributed by atoms with Gasteiger partial charge >= 0.3 is 0 Å². The van der Waals surface area contributed by atoms with Gasteiger partial charge in [-0.2, -0.15) is 0 Å². The van der Waals surface area contributed by atoms with Crippen LogP contribution >= 0.6 is 0 Å². The first kappa shape index (κ1) is 14.0. The van der Waals surface area contributed by atoms with Crippen molar-refractivity contribution in [1.29, 1.82) is 0 Å².